The Labute approximate surface area is 111 Å². The Morgan fingerprint density at radius 2 is 2.05 bits per heavy atom. The van der Waals surface area contributed by atoms with Crippen LogP contribution in [0.2, 0.25) is 0 Å². The number of aromatic amines is 1. The highest BCUT2D eigenvalue weighted by molar-refractivity contribution is 7.89. The van der Waals surface area contributed by atoms with Gasteiger partial charge in [-0.05, 0) is 19.2 Å². The molecule has 19 heavy (non-hydrogen) atoms. The quantitative estimate of drug-likeness (QED) is 0.743. The zero-order valence-corrected chi connectivity index (χ0v) is 11.3. The summed E-state index contributed by atoms with van der Waals surface area (Å²) < 4.78 is 24.6. The van der Waals surface area contributed by atoms with Crippen LogP contribution in [0.3, 0.4) is 0 Å². The van der Waals surface area contributed by atoms with Gasteiger partial charge < -0.3 is 10.3 Å². The van der Waals surface area contributed by atoms with E-state index in [1.165, 1.54) is 7.05 Å². The maximum absolute atomic E-state index is 11.8. The molecule has 0 aliphatic heterocycles. The van der Waals surface area contributed by atoms with Gasteiger partial charge in [-0.3, -0.25) is 4.79 Å². The van der Waals surface area contributed by atoms with Crippen molar-refractivity contribution in [1.82, 2.24) is 15.0 Å². The molecule has 0 aliphatic rings. The number of fused-ring (bicyclic) bond motifs is 1. The largest absolute Gasteiger partial charge is 0.351 e. The Kier molecular flexibility index (Phi) is 3.87. The molecule has 0 radical (unpaired) electrons. The molecule has 0 bridgehead atoms. The molecule has 6 nitrogen and oxygen atoms in total. The molecule has 2 aromatic rings. The first kappa shape index (κ1) is 13.6. The summed E-state index contributed by atoms with van der Waals surface area (Å²) in [7, 11) is -1.95. The second-order valence-corrected chi connectivity index (χ2v) is 6.10. The topological polar surface area (TPSA) is 91.1 Å². The Hall–Kier alpha value is -1.86. The van der Waals surface area contributed by atoms with E-state index in [0.29, 0.717) is 5.69 Å². The summed E-state index contributed by atoms with van der Waals surface area (Å²) in [5.74, 6) is -0.461. The average molecular weight is 281 g/mol. The molecular formula is C12H15N3O3S. The number of hydrogen-bond acceptors (Lipinski definition) is 3. The smallest absolute Gasteiger partial charge is 0.267 e. The van der Waals surface area contributed by atoms with Gasteiger partial charge in [0.25, 0.3) is 5.91 Å². The van der Waals surface area contributed by atoms with Crippen molar-refractivity contribution in [2.24, 2.45) is 0 Å². The van der Waals surface area contributed by atoms with Gasteiger partial charge in [-0.25, -0.2) is 13.1 Å². The molecule has 0 saturated carbocycles. The van der Waals surface area contributed by atoms with Gasteiger partial charge in [0, 0.05) is 17.4 Å². The minimum Gasteiger partial charge on any atom is -0.351 e. The minimum absolute atomic E-state index is 0.0668. The molecule has 2 rings (SSSR count). The molecule has 1 aromatic carbocycles. The molecule has 7 heteroatoms. The highest BCUT2D eigenvalue weighted by Crippen LogP contribution is 2.14. The van der Waals surface area contributed by atoms with Crippen molar-refractivity contribution in [3.05, 3.63) is 36.0 Å². The molecule has 0 spiro atoms. The fourth-order valence-corrected chi connectivity index (χ4v) is 2.27. The molecule has 1 heterocycles. The fraction of sp³-hybridized carbons (Fsp3) is 0.250. The van der Waals surface area contributed by atoms with Crippen molar-refractivity contribution in [3.63, 3.8) is 0 Å². The van der Waals surface area contributed by atoms with Crippen LogP contribution in [0, 0.1) is 0 Å². The van der Waals surface area contributed by atoms with E-state index in [1.54, 1.807) is 6.07 Å². The van der Waals surface area contributed by atoms with Gasteiger partial charge in [0.2, 0.25) is 10.0 Å². The van der Waals surface area contributed by atoms with Crippen molar-refractivity contribution >= 4 is 26.8 Å². The summed E-state index contributed by atoms with van der Waals surface area (Å²) in [5, 5.41) is 3.50. The molecule has 0 atom stereocenters. The lowest BCUT2D eigenvalue weighted by atomic mass is 10.2. The van der Waals surface area contributed by atoms with Crippen molar-refractivity contribution in [1.29, 1.82) is 0 Å². The highest BCUT2D eigenvalue weighted by atomic mass is 32.2. The van der Waals surface area contributed by atoms with Gasteiger partial charge >= 0.3 is 0 Å². The second-order valence-electron chi connectivity index (χ2n) is 4.05. The SMILES string of the molecule is CNS(=O)(=O)CCNC(=O)c1cc2ccccc2[nH]1. The third kappa shape index (κ3) is 3.33. The van der Waals surface area contributed by atoms with Crippen molar-refractivity contribution in [2.45, 2.75) is 0 Å². The number of H-pyrrole nitrogens is 1. The van der Waals surface area contributed by atoms with Crippen molar-refractivity contribution in [3.8, 4) is 0 Å². The molecule has 1 amide bonds. The summed E-state index contributed by atoms with van der Waals surface area (Å²) in [6.45, 7) is 0.0668. The lowest BCUT2D eigenvalue weighted by molar-refractivity contribution is 0.0952. The number of hydrogen-bond donors (Lipinski definition) is 3. The van der Waals surface area contributed by atoms with E-state index < -0.39 is 10.0 Å². The third-order valence-electron chi connectivity index (χ3n) is 2.74. The van der Waals surface area contributed by atoms with E-state index in [-0.39, 0.29) is 18.2 Å². The Bertz CT molecular complexity index is 658. The molecule has 0 unspecified atom stereocenters. The predicted molar refractivity (Wildman–Crippen MR) is 73.5 cm³/mol. The molecule has 0 aliphatic carbocycles. The van der Waals surface area contributed by atoms with Crippen LogP contribution < -0.4 is 10.0 Å². The summed E-state index contributed by atoms with van der Waals surface area (Å²) in [6, 6.07) is 9.26. The minimum atomic E-state index is -3.30. The summed E-state index contributed by atoms with van der Waals surface area (Å²) in [4.78, 5) is 14.8. The Balaban J connectivity index is 2.00. The monoisotopic (exact) mass is 281 g/mol. The number of benzene rings is 1. The van der Waals surface area contributed by atoms with Crippen LogP contribution in [0.1, 0.15) is 10.5 Å². The number of para-hydroxylation sites is 1. The summed E-state index contributed by atoms with van der Waals surface area (Å²) >= 11 is 0. The highest BCUT2D eigenvalue weighted by Gasteiger charge is 2.11. The van der Waals surface area contributed by atoms with Crippen LogP contribution in [-0.4, -0.2) is 38.7 Å². The molecular weight excluding hydrogens is 266 g/mol. The maximum atomic E-state index is 11.8. The lowest BCUT2D eigenvalue weighted by Gasteiger charge is -2.04. The zero-order chi connectivity index (χ0) is 13.9. The molecule has 0 fully saturated rings. The van der Waals surface area contributed by atoms with Crippen molar-refractivity contribution < 1.29 is 13.2 Å². The van der Waals surface area contributed by atoms with Crippen LogP contribution in [0.4, 0.5) is 0 Å². The van der Waals surface area contributed by atoms with Crippen LogP contribution in [-0.2, 0) is 10.0 Å². The van der Waals surface area contributed by atoms with Gasteiger partial charge in [0.15, 0.2) is 0 Å². The van der Waals surface area contributed by atoms with Gasteiger partial charge in [-0.1, -0.05) is 18.2 Å². The first-order valence-corrected chi connectivity index (χ1v) is 7.44. The second kappa shape index (κ2) is 5.41. The number of amides is 1. The van der Waals surface area contributed by atoms with Crippen molar-refractivity contribution in [2.75, 3.05) is 19.3 Å². The van der Waals surface area contributed by atoms with Crippen LogP contribution in [0.5, 0.6) is 0 Å². The first-order chi connectivity index (χ1) is 9.02. The number of rotatable bonds is 5. The Morgan fingerprint density at radius 3 is 2.74 bits per heavy atom. The van der Waals surface area contributed by atoms with Gasteiger partial charge in [-0.2, -0.15) is 0 Å². The van der Waals surface area contributed by atoms with Crippen LogP contribution >= 0.6 is 0 Å². The van der Waals surface area contributed by atoms with Gasteiger partial charge in [-0.15, -0.1) is 0 Å². The van der Waals surface area contributed by atoms with E-state index in [9.17, 15) is 13.2 Å². The predicted octanol–water partition coefficient (Wildman–Crippen LogP) is 0.447. The number of sulfonamides is 1. The van der Waals surface area contributed by atoms with Gasteiger partial charge in [0.05, 0.1) is 5.75 Å². The lowest BCUT2D eigenvalue weighted by Crippen LogP contribution is -2.33. The average Bonchev–Trinajstić information content (AvgIpc) is 2.82. The molecule has 1 aromatic heterocycles. The van der Waals surface area contributed by atoms with Crippen LogP contribution in [0.25, 0.3) is 10.9 Å². The number of carbonyl (C=O) groups is 1. The Morgan fingerprint density at radius 1 is 1.32 bits per heavy atom. The van der Waals surface area contributed by atoms with E-state index >= 15 is 0 Å². The van der Waals surface area contributed by atoms with Crippen LogP contribution in [0.15, 0.2) is 30.3 Å². The molecule has 3 N–H and O–H groups in total. The molecule has 102 valence electrons. The molecule has 0 saturated heterocycles. The van der Waals surface area contributed by atoms with E-state index in [2.05, 4.69) is 15.0 Å². The zero-order valence-electron chi connectivity index (χ0n) is 10.4. The van der Waals surface area contributed by atoms with Gasteiger partial charge in [0.1, 0.15) is 5.69 Å². The van der Waals surface area contributed by atoms with E-state index in [0.717, 1.165) is 10.9 Å². The van der Waals surface area contributed by atoms with E-state index in [4.69, 9.17) is 0 Å². The third-order valence-corrected chi connectivity index (χ3v) is 4.11. The normalized spacial score (nSPS) is 11.6. The summed E-state index contributed by atoms with van der Waals surface area (Å²) in [6.07, 6.45) is 0. The first-order valence-electron chi connectivity index (χ1n) is 5.79. The van der Waals surface area contributed by atoms with E-state index in [1.807, 2.05) is 24.3 Å². The number of aromatic nitrogens is 1. The number of nitrogens with one attached hydrogen (secondary N) is 3. The summed E-state index contributed by atoms with van der Waals surface area (Å²) in [5.41, 5.74) is 1.29. The maximum Gasteiger partial charge on any atom is 0.267 e. The number of carbonyl (C=O) groups excluding carboxylic acids is 1. The fourth-order valence-electron chi connectivity index (χ4n) is 1.69. The standard InChI is InChI=1S/C12H15N3O3S/c1-13-19(17,18)7-6-14-12(16)11-8-9-4-2-3-5-10(9)15-11/h2-5,8,13,15H,6-7H2,1H3,(H,14,16).